The fourth-order valence-corrected chi connectivity index (χ4v) is 4.72. The summed E-state index contributed by atoms with van der Waals surface area (Å²) >= 11 is 0. The van der Waals surface area contributed by atoms with Crippen molar-refractivity contribution >= 4 is 15.7 Å². The second-order valence-electron chi connectivity index (χ2n) is 6.39. The van der Waals surface area contributed by atoms with Gasteiger partial charge in [-0.1, -0.05) is 29.8 Å². The van der Waals surface area contributed by atoms with E-state index in [0.717, 1.165) is 41.0 Å². The van der Waals surface area contributed by atoms with Crippen LogP contribution >= 0.6 is 0 Å². The van der Waals surface area contributed by atoms with Gasteiger partial charge in [0.2, 0.25) is 10.0 Å². The predicted octanol–water partition coefficient (Wildman–Crippen LogP) is 3.94. The minimum absolute atomic E-state index is 0.285. The van der Waals surface area contributed by atoms with Crippen LogP contribution in [0.4, 0.5) is 5.69 Å². The molecule has 2 aromatic carbocycles. The Labute approximate surface area is 151 Å². The molecule has 0 aliphatic heterocycles. The molecule has 4 nitrogen and oxygen atoms in total. The molecule has 0 saturated carbocycles. The van der Waals surface area contributed by atoms with Gasteiger partial charge in [-0.15, -0.1) is 0 Å². The van der Waals surface area contributed by atoms with E-state index < -0.39 is 10.0 Å². The van der Waals surface area contributed by atoms with Crippen molar-refractivity contribution in [2.45, 2.75) is 46.1 Å². The van der Waals surface area contributed by atoms with E-state index in [-0.39, 0.29) is 6.54 Å². The molecule has 0 atom stereocenters. The van der Waals surface area contributed by atoms with Crippen LogP contribution in [-0.4, -0.2) is 21.5 Å². The van der Waals surface area contributed by atoms with Crippen molar-refractivity contribution in [3.63, 3.8) is 0 Å². The average Bonchev–Trinajstić information content (AvgIpc) is 2.54. The minimum atomic E-state index is -3.53. The fraction of sp³-hybridized carbons (Fsp3) is 0.400. The number of hydrogen-bond donors (Lipinski definition) is 1. The van der Waals surface area contributed by atoms with Crippen molar-refractivity contribution in [3.8, 4) is 0 Å². The fourth-order valence-electron chi connectivity index (χ4n) is 3.25. The van der Waals surface area contributed by atoms with E-state index in [0.29, 0.717) is 4.90 Å². The maximum atomic E-state index is 12.7. The summed E-state index contributed by atoms with van der Waals surface area (Å²) in [6.07, 6.45) is 0. The van der Waals surface area contributed by atoms with Crippen LogP contribution in [0.15, 0.2) is 41.3 Å². The van der Waals surface area contributed by atoms with Gasteiger partial charge >= 0.3 is 0 Å². The van der Waals surface area contributed by atoms with Crippen LogP contribution < -0.4 is 9.62 Å². The molecule has 0 bridgehead atoms. The third-order valence-electron chi connectivity index (χ3n) is 4.40. The van der Waals surface area contributed by atoms with Gasteiger partial charge in [0.05, 0.1) is 4.90 Å². The molecule has 2 aromatic rings. The molecule has 0 unspecified atom stereocenters. The van der Waals surface area contributed by atoms with Crippen molar-refractivity contribution in [2.24, 2.45) is 0 Å². The third-order valence-corrected chi connectivity index (χ3v) is 6.11. The monoisotopic (exact) mass is 360 g/mol. The normalized spacial score (nSPS) is 11.6. The SMILES string of the molecule is CCN(CC)c1ccc(CNS(=O)(=O)c2c(C)cc(C)cc2C)cc1. The molecule has 0 amide bonds. The number of sulfonamides is 1. The summed E-state index contributed by atoms with van der Waals surface area (Å²) in [6, 6.07) is 11.8. The second-order valence-corrected chi connectivity index (χ2v) is 8.09. The lowest BCUT2D eigenvalue weighted by Gasteiger charge is -2.21. The quantitative estimate of drug-likeness (QED) is 0.814. The van der Waals surface area contributed by atoms with Gasteiger partial charge in [-0.05, 0) is 63.4 Å². The summed E-state index contributed by atoms with van der Waals surface area (Å²) in [5.74, 6) is 0. The van der Waals surface area contributed by atoms with Gasteiger partial charge in [-0.3, -0.25) is 0 Å². The zero-order valence-electron chi connectivity index (χ0n) is 15.8. The van der Waals surface area contributed by atoms with Crippen LogP contribution in [0, 0.1) is 20.8 Å². The van der Waals surface area contributed by atoms with Crippen molar-refractivity contribution in [3.05, 3.63) is 58.7 Å². The van der Waals surface area contributed by atoms with Crippen molar-refractivity contribution in [1.82, 2.24) is 4.72 Å². The second kappa shape index (κ2) is 8.02. The largest absolute Gasteiger partial charge is 0.372 e. The van der Waals surface area contributed by atoms with E-state index >= 15 is 0 Å². The Hall–Kier alpha value is -1.85. The van der Waals surface area contributed by atoms with Gasteiger partial charge in [0.25, 0.3) is 0 Å². The smallest absolute Gasteiger partial charge is 0.241 e. The molecule has 0 aromatic heterocycles. The summed E-state index contributed by atoms with van der Waals surface area (Å²) in [5, 5.41) is 0. The lowest BCUT2D eigenvalue weighted by atomic mass is 10.1. The molecule has 0 radical (unpaired) electrons. The zero-order chi connectivity index (χ0) is 18.6. The molecule has 0 saturated heterocycles. The summed E-state index contributed by atoms with van der Waals surface area (Å²) in [7, 11) is -3.53. The summed E-state index contributed by atoms with van der Waals surface area (Å²) in [5.41, 5.74) is 4.73. The molecular formula is C20H28N2O2S. The third kappa shape index (κ3) is 4.61. The Morgan fingerprint density at radius 3 is 1.92 bits per heavy atom. The van der Waals surface area contributed by atoms with Gasteiger partial charge in [-0.2, -0.15) is 0 Å². The Morgan fingerprint density at radius 2 is 1.44 bits per heavy atom. The molecule has 5 heteroatoms. The predicted molar refractivity (Wildman–Crippen MR) is 105 cm³/mol. The highest BCUT2D eigenvalue weighted by Crippen LogP contribution is 2.22. The van der Waals surface area contributed by atoms with Crippen LogP contribution in [0.25, 0.3) is 0 Å². The number of aryl methyl sites for hydroxylation is 3. The van der Waals surface area contributed by atoms with E-state index in [1.54, 1.807) is 0 Å². The van der Waals surface area contributed by atoms with Crippen LogP contribution in [0.3, 0.4) is 0 Å². The molecule has 0 aliphatic carbocycles. The van der Waals surface area contributed by atoms with E-state index in [9.17, 15) is 8.42 Å². The number of anilines is 1. The molecule has 0 spiro atoms. The topological polar surface area (TPSA) is 49.4 Å². The van der Waals surface area contributed by atoms with Crippen LogP contribution in [-0.2, 0) is 16.6 Å². The Morgan fingerprint density at radius 1 is 0.920 bits per heavy atom. The van der Waals surface area contributed by atoms with E-state index in [2.05, 4.69) is 23.5 Å². The first-order valence-electron chi connectivity index (χ1n) is 8.70. The Kier molecular flexibility index (Phi) is 6.25. The van der Waals surface area contributed by atoms with Crippen molar-refractivity contribution in [2.75, 3.05) is 18.0 Å². The van der Waals surface area contributed by atoms with Crippen molar-refractivity contribution < 1.29 is 8.42 Å². The Bertz CT molecular complexity index is 800. The van der Waals surface area contributed by atoms with Crippen LogP contribution in [0.5, 0.6) is 0 Å². The maximum absolute atomic E-state index is 12.7. The molecule has 0 aliphatic rings. The van der Waals surface area contributed by atoms with E-state index in [4.69, 9.17) is 0 Å². The minimum Gasteiger partial charge on any atom is -0.372 e. The first kappa shape index (κ1) is 19.5. The highest BCUT2D eigenvalue weighted by Gasteiger charge is 2.19. The van der Waals surface area contributed by atoms with Gasteiger partial charge in [-0.25, -0.2) is 13.1 Å². The van der Waals surface area contributed by atoms with Gasteiger partial charge in [0.1, 0.15) is 0 Å². The molecule has 25 heavy (non-hydrogen) atoms. The summed E-state index contributed by atoms with van der Waals surface area (Å²) < 4.78 is 28.1. The lowest BCUT2D eigenvalue weighted by molar-refractivity contribution is 0.580. The van der Waals surface area contributed by atoms with Crippen LogP contribution in [0.2, 0.25) is 0 Å². The van der Waals surface area contributed by atoms with E-state index in [1.165, 1.54) is 0 Å². The molecule has 1 N–H and O–H groups in total. The van der Waals surface area contributed by atoms with E-state index in [1.807, 2.05) is 57.2 Å². The van der Waals surface area contributed by atoms with Gasteiger partial charge < -0.3 is 4.90 Å². The molecular weight excluding hydrogens is 332 g/mol. The molecule has 136 valence electrons. The van der Waals surface area contributed by atoms with Gasteiger partial charge in [0.15, 0.2) is 0 Å². The van der Waals surface area contributed by atoms with Crippen LogP contribution in [0.1, 0.15) is 36.1 Å². The first-order valence-corrected chi connectivity index (χ1v) is 10.2. The zero-order valence-corrected chi connectivity index (χ0v) is 16.6. The highest BCUT2D eigenvalue weighted by atomic mass is 32.2. The maximum Gasteiger partial charge on any atom is 0.241 e. The first-order chi connectivity index (χ1) is 11.8. The number of rotatable bonds is 7. The summed E-state index contributed by atoms with van der Waals surface area (Å²) in [4.78, 5) is 2.64. The average molecular weight is 361 g/mol. The molecule has 2 rings (SSSR count). The lowest BCUT2D eigenvalue weighted by Crippen LogP contribution is -2.25. The summed E-state index contributed by atoms with van der Waals surface area (Å²) in [6.45, 7) is 12.1. The van der Waals surface area contributed by atoms with Gasteiger partial charge in [0, 0.05) is 25.3 Å². The molecule has 0 heterocycles. The number of nitrogens with one attached hydrogen (secondary N) is 1. The number of benzene rings is 2. The van der Waals surface area contributed by atoms with Crippen molar-refractivity contribution in [1.29, 1.82) is 0 Å². The highest BCUT2D eigenvalue weighted by molar-refractivity contribution is 7.89. The number of hydrogen-bond acceptors (Lipinski definition) is 3. The number of nitrogens with zero attached hydrogens (tertiary/aromatic N) is 1. The molecule has 0 fully saturated rings. The Balaban J connectivity index is 2.15. The standard InChI is InChI=1S/C20H28N2O2S/c1-6-22(7-2)19-10-8-18(9-11-19)14-21-25(23,24)20-16(4)12-15(3)13-17(20)5/h8-13,21H,6-7,14H2,1-5H3.